The van der Waals surface area contributed by atoms with Gasteiger partial charge in [-0.25, -0.2) is 0 Å². The summed E-state index contributed by atoms with van der Waals surface area (Å²) in [4.78, 5) is 4.35. The first kappa shape index (κ1) is 13.1. The summed E-state index contributed by atoms with van der Waals surface area (Å²) in [6.45, 7) is 2.52. The number of nitrogens with two attached hydrogens (primary N) is 1. The number of pyridine rings is 1. The summed E-state index contributed by atoms with van der Waals surface area (Å²) < 4.78 is 11.2. The van der Waals surface area contributed by atoms with E-state index in [0.29, 0.717) is 12.2 Å². The van der Waals surface area contributed by atoms with Crippen LogP contribution in [0.15, 0.2) is 18.3 Å². The first-order chi connectivity index (χ1) is 7.52. The van der Waals surface area contributed by atoms with Crippen LogP contribution in [-0.2, 0) is 10.8 Å². The molecule has 16 heavy (non-hydrogen) atoms. The van der Waals surface area contributed by atoms with Crippen LogP contribution in [0.1, 0.15) is 12.6 Å². The van der Waals surface area contributed by atoms with E-state index in [4.69, 9.17) is 18.0 Å². The van der Waals surface area contributed by atoms with Gasteiger partial charge >= 0.3 is 0 Å². The zero-order chi connectivity index (χ0) is 12.1. The van der Waals surface area contributed by atoms with E-state index in [1.54, 1.807) is 18.5 Å². The molecule has 2 unspecified atom stereocenters. The molecule has 88 valence electrons. The molecule has 1 aromatic heterocycles. The number of aromatic nitrogens is 1. The van der Waals surface area contributed by atoms with Gasteiger partial charge in [-0.15, -0.1) is 0 Å². The predicted octanol–water partition coefficient (Wildman–Crippen LogP) is 0.895. The Kier molecular flexibility index (Phi) is 4.82. The summed E-state index contributed by atoms with van der Waals surface area (Å²) in [5.41, 5.74) is 6.91. The Bertz CT molecular complexity index is 409. The van der Waals surface area contributed by atoms with Gasteiger partial charge in [0.25, 0.3) is 0 Å². The molecule has 3 N–H and O–H groups in total. The van der Waals surface area contributed by atoms with Crippen molar-refractivity contribution in [3.05, 3.63) is 24.0 Å². The lowest BCUT2D eigenvalue weighted by atomic mass is 10.3. The molecule has 2 atom stereocenters. The van der Waals surface area contributed by atoms with Crippen LogP contribution in [0.3, 0.4) is 0 Å². The molecule has 0 saturated carbocycles. The Morgan fingerprint density at radius 2 is 2.44 bits per heavy atom. The molecule has 0 bridgehead atoms. The van der Waals surface area contributed by atoms with Crippen LogP contribution in [0, 0.1) is 0 Å². The lowest BCUT2D eigenvalue weighted by Gasteiger charge is -2.13. The minimum absolute atomic E-state index is 0.0689. The molecule has 6 heteroatoms. The van der Waals surface area contributed by atoms with Crippen molar-refractivity contribution in [1.29, 1.82) is 0 Å². The fraction of sp³-hybridized carbons (Fsp3) is 0.400. The third-order valence-corrected chi connectivity index (χ3v) is 3.68. The van der Waals surface area contributed by atoms with Crippen LogP contribution in [0.2, 0.25) is 0 Å². The van der Waals surface area contributed by atoms with Gasteiger partial charge in [0, 0.05) is 35.0 Å². The average molecular weight is 257 g/mol. The first-order valence-electron chi connectivity index (χ1n) is 4.83. The highest BCUT2D eigenvalue weighted by Gasteiger charge is 2.09. The highest BCUT2D eigenvalue weighted by Crippen LogP contribution is 2.12. The van der Waals surface area contributed by atoms with Crippen molar-refractivity contribution in [2.45, 2.75) is 12.2 Å². The SMILES string of the molecule is CC(CNc1cccnc1C(N)=S)S(C)=O. The second-order valence-electron chi connectivity index (χ2n) is 3.45. The van der Waals surface area contributed by atoms with Crippen molar-refractivity contribution in [1.82, 2.24) is 4.98 Å². The standard InChI is InChI=1S/C10H15N3OS2/c1-7(16(2)14)6-13-8-4-3-5-12-9(8)10(11)15/h3-5,7,13H,6H2,1-2H3,(H2,11,15). The molecule has 1 rings (SSSR count). The minimum Gasteiger partial charge on any atom is -0.388 e. The Labute approximate surface area is 103 Å². The maximum absolute atomic E-state index is 11.2. The number of nitrogens with zero attached hydrogens (tertiary/aromatic N) is 1. The third kappa shape index (κ3) is 3.53. The normalized spacial score (nSPS) is 14.1. The van der Waals surface area contributed by atoms with Crippen LogP contribution in [0.5, 0.6) is 0 Å². The van der Waals surface area contributed by atoms with E-state index in [1.165, 1.54) is 0 Å². The van der Waals surface area contributed by atoms with Gasteiger partial charge in [-0.3, -0.25) is 9.19 Å². The highest BCUT2D eigenvalue weighted by molar-refractivity contribution is 7.84. The first-order valence-corrected chi connectivity index (χ1v) is 6.86. The number of thiocarbonyl (C=S) groups is 1. The quantitative estimate of drug-likeness (QED) is 0.767. The molecule has 0 aliphatic carbocycles. The third-order valence-electron chi connectivity index (χ3n) is 2.19. The van der Waals surface area contributed by atoms with E-state index in [9.17, 15) is 4.21 Å². The Morgan fingerprint density at radius 1 is 1.75 bits per heavy atom. The Balaban J connectivity index is 2.74. The van der Waals surface area contributed by atoms with Gasteiger partial charge < -0.3 is 11.1 Å². The van der Waals surface area contributed by atoms with Crippen molar-refractivity contribution in [3.8, 4) is 0 Å². The Morgan fingerprint density at radius 3 is 3.00 bits per heavy atom. The summed E-state index contributed by atoms with van der Waals surface area (Å²) >= 11 is 4.90. The monoisotopic (exact) mass is 257 g/mol. The molecule has 1 aromatic rings. The second-order valence-corrected chi connectivity index (χ2v) is 5.70. The smallest absolute Gasteiger partial charge is 0.124 e. The molecule has 0 fully saturated rings. The zero-order valence-corrected chi connectivity index (χ0v) is 10.9. The van der Waals surface area contributed by atoms with Gasteiger partial charge in [0.15, 0.2) is 0 Å². The van der Waals surface area contributed by atoms with Crippen molar-refractivity contribution in [3.63, 3.8) is 0 Å². The topological polar surface area (TPSA) is 68.0 Å². The van der Waals surface area contributed by atoms with Gasteiger partial charge in [0.1, 0.15) is 10.7 Å². The van der Waals surface area contributed by atoms with Crippen LogP contribution < -0.4 is 11.1 Å². The molecular weight excluding hydrogens is 242 g/mol. The largest absolute Gasteiger partial charge is 0.388 e. The number of rotatable bonds is 5. The van der Waals surface area contributed by atoms with Gasteiger partial charge in [-0.2, -0.15) is 0 Å². The lowest BCUT2D eigenvalue weighted by Crippen LogP contribution is -2.23. The molecule has 0 aliphatic rings. The molecule has 0 spiro atoms. The maximum Gasteiger partial charge on any atom is 0.124 e. The fourth-order valence-electron chi connectivity index (χ4n) is 1.12. The van der Waals surface area contributed by atoms with E-state index in [-0.39, 0.29) is 10.2 Å². The van der Waals surface area contributed by atoms with E-state index >= 15 is 0 Å². The molecule has 0 radical (unpaired) electrons. The molecule has 0 saturated heterocycles. The second kappa shape index (κ2) is 5.91. The van der Waals surface area contributed by atoms with Crippen molar-refractivity contribution in [2.75, 3.05) is 18.1 Å². The minimum atomic E-state index is -0.848. The van der Waals surface area contributed by atoms with E-state index < -0.39 is 10.8 Å². The molecule has 0 aromatic carbocycles. The van der Waals surface area contributed by atoms with Crippen molar-refractivity contribution < 1.29 is 4.21 Å². The molecule has 4 nitrogen and oxygen atoms in total. The maximum atomic E-state index is 11.2. The van der Waals surface area contributed by atoms with Gasteiger partial charge in [-0.1, -0.05) is 12.2 Å². The zero-order valence-electron chi connectivity index (χ0n) is 9.27. The molecule has 0 aliphatic heterocycles. The van der Waals surface area contributed by atoms with Gasteiger partial charge in [0.05, 0.1) is 5.69 Å². The van der Waals surface area contributed by atoms with E-state index in [2.05, 4.69) is 10.3 Å². The van der Waals surface area contributed by atoms with Crippen molar-refractivity contribution >= 4 is 33.7 Å². The molecular formula is C10H15N3OS2. The summed E-state index contributed by atoms with van der Waals surface area (Å²) in [6.07, 6.45) is 3.32. The summed E-state index contributed by atoms with van der Waals surface area (Å²) in [6, 6.07) is 3.66. The number of hydrogen-bond donors (Lipinski definition) is 2. The number of anilines is 1. The van der Waals surface area contributed by atoms with Crippen LogP contribution in [0.25, 0.3) is 0 Å². The summed E-state index contributed by atoms with van der Waals surface area (Å²) in [5, 5.41) is 3.22. The lowest BCUT2D eigenvalue weighted by molar-refractivity contribution is 0.679. The van der Waals surface area contributed by atoms with E-state index in [0.717, 1.165) is 5.69 Å². The number of hydrogen-bond acceptors (Lipinski definition) is 4. The van der Waals surface area contributed by atoms with Gasteiger partial charge in [0.2, 0.25) is 0 Å². The summed E-state index contributed by atoms with van der Waals surface area (Å²) in [7, 11) is -0.848. The van der Waals surface area contributed by atoms with Crippen molar-refractivity contribution in [2.24, 2.45) is 5.73 Å². The number of nitrogens with one attached hydrogen (secondary N) is 1. The van der Waals surface area contributed by atoms with Crippen LogP contribution in [-0.4, -0.2) is 32.2 Å². The Hall–Kier alpha value is -1.01. The summed E-state index contributed by atoms with van der Waals surface area (Å²) in [5.74, 6) is 0. The highest BCUT2D eigenvalue weighted by atomic mass is 32.2. The van der Waals surface area contributed by atoms with E-state index in [1.807, 2.05) is 13.0 Å². The van der Waals surface area contributed by atoms with Gasteiger partial charge in [-0.05, 0) is 19.1 Å². The molecule has 1 heterocycles. The van der Waals surface area contributed by atoms with Crippen LogP contribution >= 0.6 is 12.2 Å². The van der Waals surface area contributed by atoms with Crippen LogP contribution in [0.4, 0.5) is 5.69 Å². The molecule has 0 amide bonds. The predicted molar refractivity (Wildman–Crippen MR) is 72.1 cm³/mol. The fourth-order valence-corrected chi connectivity index (χ4v) is 1.60. The average Bonchev–Trinajstić information content (AvgIpc) is 2.25.